The average molecular weight is 260 g/mol. The molecule has 0 saturated heterocycles. The topological polar surface area (TPSA) is 24.9 Å². The molecule has 2 rings (SSSR count). The van der Waals surface area contributed by atoms with Gasteiger partial charge < -0.3 is 5.32 Å². The molecule has 0 aromatic carbocycles. The Hall–Kier alpha value is -0.890. The smallest absolute Gasteiger partial charge is 0.0299 e. The minimum absolute atomic E-state index is 0.697. The average Bonchev–Trinajstić information content (AvgIpc) is 2.96. The standard InChI is InChI=1S/C17H28N2/c1-2-11-19-17(13-15-6-3-4-7-15)10-9-16-8-5-12-18-14-16/h5,8,12,14-15,17,19H,2-4,6-7,9-11,13H2,1H3. The summed E-state index contributed by atoms with van der Waals surface area (Å²) in [4.78, 5) is 4.21. The third kappa shape index (κ3) is 5.32. The van der Waals surface area contributed by atoms with Crippen LogP contribution in [0.3, 0.4) is 0 Å². The number of rotatable bonds is 8. The summed E-state index contributed by atoms with van der Waals surface area (Å²) in [6.07, 6.45) is 14.7. The van der Waals surface area contributed by atoms with E-state index in [4.69, 9.17) is 0 Å². The van der Waals surface area contributed by atoms with E-state index in [1.165, 1.54) is 50.5 Å². The second-order valence-electron chi connectivity index (χ2n) is 5.94. The lowest BCUT2D eigenvalue weighted by Gasteiger charge is -2.22. The highest BCUT2D eigenvalue weighted by Gasteiger charge is 2.19. The minimum Gasteiger partial charge on any atom is -0.314 e. The number of aryl methyl sites for hydroxylation is 1. The molecule has 2 nitrogen and oxygen atoms in total. The molecule has 0 bridgehead atoms. The zero-order valence-corrected chi connectivity index (χ0v) is 12.3. The molecule has 1 saturated carbocycles. The van der Waals surface area contributed by atoms with Crippen molar-refractivity contribution in [2.75, 3.05) is 6.54 Å². The van der Waals surface area contributed by atoms with E-state index in [-0.39, 0.29) is 0 Å². The van der Waals surface area contributed by atoms with Gasteiger partial charge in [-0.05, 0) is 49.8 Å². The molecular weight excluding hydrogens is 232 g/mol. The second-order valence-corrected chi connectivity index (χ2v) is 5.94. The van der Waals surface area contributed by atoms with Gasteiger partial charge in [0.05, 0.1) is 0 Å². The molecule has 0 spiro atoms. The van der Waals surface area contributed by atoms with Gasteiger partial charge in [-0.2, -0.15) is 0 Å². The second kappa shape index (κ2) is 8.31. The van der Waals surface area contributed by atoms with Gasteiger partial charge in [-0.1, -0.05) is 38.7 Å². The first-order valence-electron chi connectivity index (χ1n) is 8.00. The summed E-state index contributed by atoms with van der Waals surface area (Å²) in [5, 5.41) is 3.75. The van der Waals surface area contributed by atoms with Crippen molar-refractivity contribution in [2.24, 2.45) is 5.92 Å². The molecule has 19 heavy (non-hydrogen) atoms. The number of pyridine rings is 1. The lowest BCUT2D eigenvalue weighted by Crippen LogP contribution is -2.32. The van der Waals surface area contributed by atoms with Crippen molar-refractivity contribution in [1.82, 2.24) is 10.3 Å². The van der Waals surface area contributed by atoms with E-state index in [1.54, 1.807) is 0 Å². The molecule has 106 valence electrons. The van der Waals surface area contributed by atoms with Crippen LogP contribution < -0.4 is 5.32 Å². The van der Waals surface area contributed by atoms with E-state index < -0.39 is 0 Å². The predicted octanol–water partition coefficient (Wildman–Crippen LogP) is 3.96. The molecule has 1 heterocycles. The van der Waals surface area contributed by atoms with Gasteiger partial charge >= 0.3 is 0 Å². The molecule has 0 amide bonds. The Kier molecular flexibility index (Phi) is 6.35. The number of nitrogens with zero attached hydrogens (tertiary/aromatic N) is 1. The fraction of sp³-hybridized carbons (Fsp3) is 0.706. The highest BCUT2D eigenvalue weighted by atomic mass is 14.9. The summed E-state index contributed by atoms with van der Waals surface area (Å²) in [6, 6.07) is 4.93. The first kappa shape index (κ1) is 14.5. The van der Waals surface area contributed by atoms with Gasteiger partial charge in [0.15, 0.2) is 0 Å². The van der Waals surface area contributed by atoms with E-state index in [1.807, 2.05) is 18.5 Å². The molecule has 1 aliphatic carbocycles. The SMILES string of the molecule is CCCNC(CCc1cccnc1)CC1CCCC1. The minimum atomic E-state index is 0.697. The van der Waals surface area contributed by atoms with E-state index in [0.29, 0.717) is 6.04 Å². The highest BCUT2D eigenvalue weighted by Crippen LogP contribution is 2.29. The summed E-state index contributed by atoms with van der Waals surface area (Å²) in [5.41, 5.74) is 1.37. The number of hydrogen-bond donors (Lipinski definition) is 1. The van der Waals surface area contributed by atoms with Crippen LogP contribution in [-0.4, -0.2) is 17.6 Å². The molecule has 1 aliphatic rings. The maximum absolute atomic E-state index is 4.21. The van der Waals surface area contributed by atoms with Crippen LogP contribution in [0.25, 0.3) is 0 Å². The van der Waals surface area contributed by atoms with E-state index in [2.05, 4.69) is 23.3 Å². The van der Waals surface area contributed by atoms with E-state index in [0.717, 1.165) is 18.9 Å². The molecule has 1 unspecified atom stereocenters. The quantitative estimate of drug-likeness (QED) is 0.765. The zero-order chi connectivity index (χ0) is 13.3. The summed E-state index contributed by atoms with van der Waals surface area (Å²) < 4.78 is 0. The van der Waals surface area contributed by atoms with Gasteiger partial charge in [-0.15, -0.1) is 0 Å². The predicted molar refractivity (Wildman–Crippen MR) is 81.2 cm³/mol. The van der Waals surface area contributed by atoms with Crippen molar-refractivity contribution >= 4 is 0 Å². The fourth-order valence-corrected chi connectivity index (χ4v) is 3.19. The Morgan fingerprint density at radius 3 is 2.89 bits per heavy atom. The lowest BCUT2D eigenvalue weighted by atomic mass is 9.94. The van der Waals surface area contributed by atoms with Crippen molar-refractivity contribution in [1.29, 1.82) is 0 Å². The maximum Gasteiger partial charge on any atom is 0.0299 e. The van der Waals surface area contributed by atoms with Crippen LogP contribution >= 0.6 is 0 Å². The zero-order valence-electron chi connectivity index (χ0n) is 12.3. The summed E-state index contributed by atoms with van der Waals surface area (Å²) in [5.74, 6) is 0.975. The van der Waals surface area contributed by atoms with Crippen LogP contribution in [-0.2, 0) is 6.42 Å². The van der Waals surface area contributed by atoms with Gasteiger partial charge in [0.2, 0.25) is 0 Å². The van der Waals surface area contributed by atoms with Crippen molar-refractivity contribution in [2.45, 2.75) is 64.3 Å². The Balaban J connectivity index is 1.78. The number of aromatic nitrogens is 1. The van der Waals surface area contributed by atoms with Crippen molar-refractivity contribution in [3.63, 3.8) is 0 Å². The number of hydrogen-bond acceptors (Lipinski definition) is 2. The number of nitrogens with one attached hydrogen (secondary N) is 1. The summed E-state index contributed by atoms with van der Waals surface area (Å²) >= 11 is 0. The Labute approximate surface area is 118 Å². The van der Waals surface area contributed by atoms with Crippen LogP contribution in [0.2, 0.25) is 0 Å². The monoisotopic (exact) mass is 260 g/mol. The molecule has 1 fully saturated rings. The maximum atomic E-state index is 4.21. The van der Waals surface area contributed by atoms with E-state index >= 15 is 0 Å². The van der Waals surface area contributed by atoms with Crippen molar-refractivity contribution in [3.8, 4) is 0 Å². The van der Waals surface area contributed by atoms with Crippen LogP contribution in [0.15, 0.2) is 24.5 Å². The third-order valence-electron chi connectivity index (χ3n) is 4.28. The molecule has 1 aromatic rings. The molecule has 0 radical (unpaired) electrons. The van der Waals surface area contributed by atoms with Crippen LogP contribution in [0, 0.1) is 5.92 Å². The fourth-order valence-electron chi connectivity index (χ4n) is 3.19. The van der Waals surface area contributed by atoms with Crippen LogP contribution in [0.4, 0.5) is 0 Å². The normalized spacial score (nSPS) is 17.7. The summed E-state index contributed by atoms with van der Waals surface area (Å²) in [6.45, 7) is 3.41. The largest absolute Gasteiger partial charge is 0.314 e. The van der Waals surface area contributed by atoms with Crippen LogP contribution in [0.1, 0.15) is 57.4 Å². The highest BCUT2D eigenvalue weighted by molar-refractivity contribution is 5.08. The molecule has 2 heteroatoms. The Morgan fingerprint density at radius 2 is 2.21 bits per heavy atom. The molecule has 1 aromatic heterocycles. The van der Waals surface area contributed by atoms with E-state index in [9.17, 15) is 0 Å². The molecule has 1 N–H and O–H groups in total. The Morgan fingerprint density at radius 1 is 1.37 bits per heavy atom. The van der Waals surface area contributed by atoms with Gasteiger partial charge in [-0.25, -0.2) is 0 Å². The van der Waals surface area contributed by atoms with Crippen molar-refractivity contribution in [3.05, 3.63) is 30.1 Å². The van der Waals surface area contributed by atoms with Gasteiger partial charge in [0, 0.05) is 18.4 Å². The third-order valence-corrected chi connectivity index (χ3v) is 4.28. The molecule has 0 aliphatic heterocycles. The molecular formula is C17H28N2. The lowest BCUT2D eigenvalue weighted by molar-refractivity contribution is 0.371. The Bertz CT molecular complexity index is 330. The first-order chi connectivity index (χ1) is 9.38. The van der Waals surface area contributed by atoms with Crippen LogP contribution in [0.5, 0.6) is 0 Å². The van der Waals surface area contributed by atoms with Crippen molar-refractivity contribution < 1.29 is 0 Å². The van der Waals surface area contributed by atoms with Gasteiger partial charge in [-0.3, -0.25) is 4.98 Å². The molecule has 1 atom stereocenters. The first-order valence-corrected chi connectivity index (χ1v) is 8.00. The van der Waals surface area contributed by atoms with Gasteiger partial charge in [0.25, 0.3) is 0 Å². The summed E-state index contributed by atoms with van der Waals surface area (Å²) in [7, 11) is 0. The van der Waals surface area contributed by atoms with Gasteiger partial charge in [0.1, 0.15) is 0 Å².